The van der Waals surface area contributed by atoms with Gasteiger partial charge in [-0.15, -0.1) is 11.3 Å². The standard InChI is InChI=1S/C14H16BrN3OS/c1-9-6-10(2-3-12(9)15)7-11-8-17-14(20-11)18-13(19)4-5-16/h2-3,6,8H,4-5,7,16H2,1H3,(H,17,18,19). The molecule has 3 N–H and O–H groups in total. The Kier molecular flexibility index (Phi) is 5.28. The first kappa shape index (κ1) is 15.2. The number of thiazole rings is 1. The fraction of sp³-hybridized carbons (Fsp3) is 0.286. The quantitative estimate of drug-likeness (QED) is 0.867. The summed E-state index contributed by atoms with van der Waals surface area (Å²) in [5.41, 5.74) is 7.78. The van der Waals surface area contributed by atoms with E-state index in [1.54, 1.807) is 6.20 Å². The lowest BCUT2D eigenvalue weighted by molar-refractivity contribution is -0.116. The molecule has 20 heavy (non-hydrogen) atoms. The molecule has 0 aliphatic rings. The van der Waals surface area contributed by atoms with Crippen LogP contribution >= 0.6 is 27.3 Å². The van der Waals surface area contributed by atoms with Crippen molar-refractivity contribution in [1.29, 1.82) is 0 Å². The Morgan fingerprint density at radius 2 is 2.30 bits per heavy atom. The summed E-state index contributed by atoms with van der Waals surface area (Å²) >= 11 is 4.99. The van der Waals surface area contributed by atoms with E-state index in [0.717, 1.165) is 15.8 Å². The van der Waals surface area contributed by atoms with Crippen LogP contribution in [0, 0.1) is 6.92 Å². The van der Waals surface area contributed by atoms with Crippen molar-refractivity contribution >= 4 is 38.3 Å². The Labute approximate surface area is 130 Å². The van der Waals surface area contributed by atoms with Crippen molar-refractivity contribution in [2.75, 3.05) is 11.9 Å². The molecule has 2 aromatic rings. The molecule has 0 bridgehead atoms. The molecule has 106 valence electrons. The van der Waals surface area contributed by atoms with E-state index in [2.05, 4.69) is 51.4 Å². The number of nitrogens with two attached hydrogens (primary N) is 1. The number of nitrogens with one attached hydrogen (secondary N) is 1. The number of carbonyl (C=O) groups is 1. The number of aromatic nitrogens is 1. The molecule has 1 aromatic heterocycles. The lowest BCUT2D eigenvalue weighted by Crippen LogP contribution is -2.15. The molecule has 1 amide bonds. The van der Waals surface area contributed by atoms with Crippen molar-refractivity contribution in [2.24, 2.45) is 5.73 Å². The molecule has 0 saturated heterocycles. The van der Waals surface area contributed by atoms with Gasteiger partial charge in [0.1, 0.15) is 0 Å². The van der Waals surface area contributed by atoms with E-state index in [1.165, 1.54) is 22.5 Å². The second kappa shape index (κ2) is 6.97. The van der Waals surface area contributed by atoms with Crippen LogP contribution in [0.4, 0.5) is 5.13 Å². The summed E-state index contributed by atoms with van der Waals surface area (Å²) in [7, 11) is 0. The van der Waals surface area contributed by atoms with Crippen molar-refractivity contribution in [1.82, 2.24) is 4.98 Å². The van der Waals surface area contributed by atoms with Gasteiger partial charge in [0.25, 0.3) is 0 Å². The molecule has 1 heterocycles. The van der Waals surface area contributed by atoms with Crippen LogP contribution in [-0.2, 0) is 11.2 Å². The Hall–Kier alpha value is -1.24. The number of halogens is 1. The zero-order valence-corrected chi connectivity index (χ0v) is 13.6. The number of nitrogens with zero attached hydrogens (tertiary/aromatic N) is 1. The van der Waals surface area contributed by atoms with E-state index >= 15 is 0 Å². The maximum atomic E-state index is 11.4. The fourth-order valence-corrected chi connectivity index (χ4v) is 2.89. The van der Waals surface area contributed by atoms with Gasteiger partial charge < -0.3 is 11.1 Å². The van der Waals surface area contributed by atoms with Gasteiger partial charge in [-0.05, 0) is 24.1 Å². The van der Waals surface area contributed by atoms with Crippen LogP contribution in [0.25, 0.3) is 0 Å². The minimum atomic E-state index is -0.0899. The molecule has 6 heteroatoms. The fourth-order valence-electron chi connectivity index (χ4n) is 1.78. The van der Waals surface area contributed by atoms with Crippen LogP contribution in [0.15, 0.2) is 28.9 Å². The van der Waals surface area contributed by atoms with Crippen molar-refractivity contribution in [3.05, 3.63) is 44.9 Å². The third-order valence-electron chi connectivity index (χ3n) is 2.77. The third-order valence-corrected chi connectivity index (χ3v) is 4.57. The van der Waals surface area contributed by atoms with E-state index in [1.807, 2.05) is 0 Å². The number of carbonyl (C=O) groups excluding carboxylic acids is 1. The second-order valence-electron chi connectivity index (χ2n) is 4.48. The van der Waals surface area contributed by atoms with Crippen molar-refractivity contribution in [3.63, 3.8) is 0 Å². The monoisotopic (exact) mass is 353 g/mol. The van der Waals surface area contributed by atoms with E-state index in [-0.39, 0.29) is 5.91 Å². The van der Waals surface area contributed by atoms with Crippen LogP contribution < -0.4 is 11.1 Å². The van der Waals surface area contributed by atoms with E-state index in [4.69, 9.17) is 5.73 Å². The van der Waals surface area contributed by atoms with Crippen LogP contribution in [-0.4, -0.2) is 17.4 Å². The number of rotatable bonds is 5. The summed E-state index contributed by atoms with van der Waals surface area (Å²) in [5.74, 6) is -0.0899. The maximum Gasteiger partial charge on any atom is 0.227 e. The van der Waals surface area contributed by atoms with Crippen LogP contribution in [0.2, 0.25) is 0 Å². The number of hydrogen-bond donors (Lipinski definition) is 2. The smallest absolute Gasteiger partial charge is 0.227 e. The summed E-state index contributed by atoms with van der Waals surface area (Å²) < 4.78 is 1.11. The minimum Gasteiger partial charge on any atom is -0.330 e. The molecule has 0 aliphatic carbocycles. The number of anilines is 1. The van der Waals surface area contributed by atoms with Gasteiger partial charge in [0, 0.05) is 34.9 Å². The first-order chi connectivity index (χ1) is 9.58. The van der Waals surface area contributed by atoms with E-state index in [9.17, 15) is 4.79 Å². The van der Waals surface area contributed by atoms with Gasteiger partial charge in [0.2, 0.25) is 5.91 Å². The van der Waals surface area contributed by atoms with E-state index in [0.29, 0.717) is 18.1 Å². The first-order valence-corrected chi connectivity index (χ1v) is 7.89. The molecule has 0 atom stereocenters. The highest BCUT2D eigenvalue weighted by atomic mass is 79.9. The van der Waals surface area contributed by atoms with Gasteiger partial charge in [0.05, 0.1) is 0 Å². The van der Waals surface area contributed by atoms with Gasteiger partial charge in [-0.1, -0.05) is 28.1 Å². The topological polar surface area (TPSA) is 68.0 Å². The van der Waals surface area contributed by atoms with Gasteiger partial charge in [-0.25, -0.2) is 4.98 Å². The molecular weight excluding hydrogens is 338 g/mol. The Balaban J connectivity index is 2.02. The third kappa shape index (κ3) is 4.13. The van der Waals surface area contributed by atoms with Gasteiger partial charge >= 0.3 is 0 Å². The molecule has 0 fully saturated rings. The lowest BCUT2D eigenvalue weighted by atomic mass is 10.1. The largest absolute Gasteiger partial charge is 0.330 e. The number of hydrogen-bond acceptors (Lipinski definition) is 4. The van der Waals surface area contributed by atoms with Crippen LogP contribution in [0.3, 0.4) is 0 Å². The number of amides is 1. The molecular formula is C14H16BrN3OS. The predicted molar refractivity (Wildman–Crippen MR) is 86.1 cm³/mol. The highest BCUT2D eigenvalue weighted by Gasteiger charge is 2.07. The van der Waals surface area contributed by atoms with Gasteiger partial charge in [-0.2, -0.15) is 0 Å². The molecule has 0 spiro atoms. The molecule has 0 unspecified atom stereocenters. The van der Waals surface area contributed by atoms with Crippen LogP contribution in [0.5, 0.6) is 0 Å². The average molecular weight is 354 g/mol. The minimum absolute atomic E-state index is 0.0899. The van der Waals surface area contributed by atoms with Crippen molar-refractivity contribution < 1.29 is 4.79 Å². The summed E-state index contributed by atoms with van der Waals surface area (Å²) in [5, 5.41) is 3.38. The first-order valence-electron chi connectivity index (χ1n) is 6.28. The van der Waals surface area contributed by atoms with Crippen molar-refractivity contribution in [3.8, 4) is 0 Å². The predicted octanol–water partition coefficient (Wildman–Crippen LogP) is 3.09. The Bertz CT molecular complexity index is 612. The molecule has 0 aliphatic heterocycles. The molecule has 4 nitrogen and oxygen atoms in total. The van der Waals surface area contributed by atoms with Gasteiger partial charge in [-0.3, -0.25) is 4.79 Å². The Morgan fingerprint density at radius 1 is 1.50 bits per heavy atom. The van der Waals surface area contributed by atoms with Crippen molar-refractivity contribution in [2.45, 2.75) is 19.8 Å². The zero-order chi connectivity index (χ0) is 14.5. The van der Waals surface area contributed by atoms with Crippen LogP contribution in [0.1, 0.15) is 22.4 Å². The summed E-state index contributed by atoms with van der Waals surface area (Å²) in [4.78, 5) is 16.8. The molecule has 2 rings (SSSR count). The summed E-state index contributed by atoms with van der Waals surface area (Å²) in [6, 6.07) is 6.29. The Morgan fingerprint density at radius 3 is 3.00 bits per heavy atom. The number of benzene rings is 1. The highest BCUT2D eigenvalue weighted by Crippen LogP contribution is 2.23. The molecule has 0 saturated carbocycles. The van der Waals surface area contributed by atoms with Gasteiger partial charge in [0.15, 0.2) is 5.13 Å². The number of aryl methyl sites for hydroxylation is 1. The highest BCUT2D eigenvalue weighted by molar-refractivity contribution is 9.10. The SMILES string of the molecule is Cc1cc(Cc2cnc(NC(=O)CCN)s2)ccc1Br. The second-order valence-corrected chi connectivity index (χ2v) is 6.45. The average Bonchev–Trinajstić information content (AvgIpc) is 2.81. The molecule has 0 radical (unpaired) electrons. The normalized spacial score (nSPS) is 10.6. The van der Waals surface area contributed by atoms with E-state index < -0.39 is 0 Å². The summed E-state index contributed by atoms with van der Waals surface area (Å²) in [6.07, 6.45) is 2.94. The zero-order valence-electron chi connectivity index (χ0n) is 11.1. The lowest BCUT2D eigenvalue weighted by Gasteiger charge is -2.02. The summed E-state index contributed by atoms with van der Waals surface area (Å²) in [6.45, 7) is 2.42. The maximum absolute atomic E-state index is 11.4. The molecule has 1 aromatic carbocycles.